The van der Waals surface area contributed by atoms with Gasteiger partial charge in [0.15, 0.2) is 23.9 Å². The molecule has 0 amide bonds. The number of hydrogen-bond acceptors (Lipinski definition) is 7. The average molecular weight is 460 g/mol. The summed E-state index contributed by atoms with van der Waals surface area (Å²) in [5.74, 6) is 2.79. The molecule has 34 heavy (non-hydrogen) atoms. The van der Waals surface area contributed by atoms with Gasteiger partial charge in [-0.1, -0.05) is 35.9 Å². The van der Waals surface area contributed by atoms with E-state index in [2.05, 4.69) is 33.0 Å². The van der Waals surface area contributed by atoms with Crippen LogP contribution in [0, 0.1) is 6.92 Å². The molecule has 0 aliphatic rings. The molecule has 176 valence electrons. The lowest BCUT2D eigenvalue weighted by molar-refractivity contribution is 0.273. The number of nitrogens with zero attached hydrogens (tertiary/aromatic N) is 4. The Morgan fingerprint density at radius 3 is 2.35 bits per heavy atom. The second-order valence-electron chi connectivity index (χ2n) is 7.89. The van der Waals surface area contributed by atoms with E-state index in [1.165, 1.54) is 11.1 Å². The summed E-state index contributed by atoms with van der Waals surface area (Å²) in [6.07, 6.45) is 0.942. The van der Waals surface area contributed by atoms with E-state index in [1.54, 1.807) is 18.9 Å². The van der Waals surface area contributed by atoms with Crippen molar-refractivity contribution < 1.29 is 14.2 Å². The summed E-state index contributed by atoms with van der Waals surface area (Å²) < 4.78 is 18.4. The van der Waals surface area contributed by atoms with Crippen LogP contribution < -0.4 is 19.5 Å². The molecule has 3 aromatic carbocycles. The molecule has 0 bridgehead atoms. The zero-order chi connectivity index (χ0) is 23.8. The van der Waals surface area contributed by atoms with E-state index in [1.807, 2.05) is 61.5 Å². The molecule has 4 aromatic rings. The van der Waals surface area contributed by atoms with E-state index in [9.17, 15) is 0 Å². The Morgan fingerprint density at radius 1 is 0.853 bits per heavy atom. The van der Waals surface area contributed by atoms with E-state index in [0.717, 1.165) is 36.5 Å². The fourth-order valence-electron chi connectivity index (χ4n) is 3.52. The third-order valence-corrected chi connectivity index (χ3v) is 5.48. The van der Waals surface area contributed by atoms with Gasteiger partial charge in [0.25, 0.3) is 0 Å². The van der Waals surface area contributed by atoms with Gasteiger partial charge in [0.05, 0.1) is 19.9 Å². The normalized spacial score (nSPS) is 10.8. The Balaban J connectivity index is 1.32. The van der Waals surface area contributed by atoms with E-state index in [0.29, 0.717) is 17.3 Å². The average Bonchev–Trinajstić information content (AvgIpc) is 3.35. The SMILES string of the molecule is COc1ccc(CCNCc2ccc(OCc3nnnn3-c3ccc(C)cc3)c(OC)c2)cc1. The molecular weight excluding hydrogens is 430 g/mol. The monoisotopic (exact) mass is 459 g/mol. The molecule has 8 nitrogen and oxygen atoms in total. The second kappa shape index (κ2) is 11.3. The summed E-state index contributed by atoms with van der Waals surface area (Å²) in [4.78, 5) is 0. The minimum atomic E-state index is 0.219. The number of aryl methyl sites for hydroxylation is 1. The predicted octanol–water partition coefficient (Wildman–Crippen LogP) is 3.90. The van der Waals surface area contributed by atoms with Gasteiger partial charge < -0.3 is 19.5 Å². The van der Waals surface area contributed by atoms with E-state index >= 15 is 0 Å². The highest BCUT2D eigenvalue weighted by Gasteiger charge is 2.12. The lowest BCUT2D eigenvalue weighted by Gasteiger charge is -2.13. The van der Waals surface area contributed by atoms with Crippen LogP contribution in [0.1, 0.15) is 22.5 Å². The Hall–Kier alpha value is -3.91. The van der Waals surface area contributed by atoms with Crippen molar-refractivity contribution in [2.75, 3.05) is 20.8 Å². The molecule has 4 rings (SSSR count). The van der Waals surface area contributed by atoms with Crippen molar-refractivity contribution in [1.29, 1.82) is 0 Å². The highest BCUT2D eigenvalue weighted by Crippen LogP contribution is 2.29. The molecule has 0 fully saturated rings. The van der Waals surface area contributed by atoms with E-state index < -0.39 is 0 Å². The summed E-state index contributed by atoms with van der Waals surface area (Å²) in [6.45, 7) is 3.86. The van der Waals surface area contributed by atoms with E-state index in [4.69, 9.17) is 14.2 Å². The van der Waals surface area contributed by atoms with Crippen LogP contribution in [0.3, 0.4) is 0 Å². The second-order valence-corrected chi connectivity index (χ2v) is 7.89. The van der Waals surface area contributed by atoms with Crippen molar-refractivity contribution in [2.24, 2.45) is 0 Å². The molecule has 1 aromatic heterocycles. The van der Waals surface area contributed by atoms with Gasteiger partial charge in [-0.3, -0.25) is 0 Å². The van der Waals surface area contributed by atoms with Crippen molar-refractivity contribution in [3.8, 4) is 22.9 Å². The molecular formula is C26H29N5O3. The van der Waals surface area contributed by atoms with E-state index in [-0.39, 0.29) is 6.61 Å². The molecule has 0 saturated carbocycles. The zero-order valence-corrected chi connectivity index (χ0v) is 19.7. The van der Waals surface area contributed by atoms with Gasteiger partial charge in [-0.25, -0.2) is 0 Å². The van der Waals surface area contributed by atoms with Crippen molar-refractivity contribution in [1.82, 2.24) is 25.5 Å². The van der Waals surface area contributed by atoms with Crippen LogP contribution in [0.4, 0.5) is 0 Å². The number of aromatic nitrogens is 4. The number of hydrogen-bond donors (Lipinski definition) is 1. The molecule has 0 atom stereocenters. The number of tetrazole rings is 1. The first kappa shape index (κ1) is 23.3. The van der Waals surface area contributed by atoms with Crippen LogP contribution in [-0.2, 0) is 19.6 Å². The molecule has 8 heteroatoms. The summed E-state index contributed by atoms with van der Waals surface area (Å²) in [5.41, 5.74) is 4.44. The Morgan fingerprint density at radius 2 is 1.62 bits per heavy atom. The summed E-state index contributed by atoms with van der Waals surface area (Å²) in [6, 6.07) is 22.1. The largest absolute Gasteiger partial charge is 0.497 e. The molecule has 0 spiro atoms. The minimum absolute atomic E-state index is 0.219. The van der Waals surface area contributed by atoms with Crippen molar-refractivity contribution >= 4 is 0 Å². The van der Waals surface area contributed by atoms with Crippen LogP contribution in [0.25, 0.3) is 5.69 Å². The Bertz CT molecular complexity index is 1190. The van der Waals surface area contributed by atoms with Gasteiger partial charge in [-0.2, -0.15) is 4.68 Å². The molecule has 1 N–H and O–H groups in total. The molecule has 0 unspecified atom stereocenters. The molecule has 1 heterocycles. The van der Waals surface area contributed by atoms with Gasteiger partial charge in [0.2, 0.25) is 0 Å². The highest BCUT2D eigenvalue weighted by atomic mass is 16.5. The topological polar surface area (TPSA) is 83.3 Å². The first-order valence-corrected chi connectivity index (χ1v) is 11.1. The predicted molar refractivity (Wildman–Crippen MR) is 130 cm³/mol. The van der Waals surface area contributed by atoms with Crippen molar-refractivity contribution in [3.63, 3.8) is 0 Å². The number of ether oxygens (including phenoxy) is 3. The lowest BCUT2D eigenvalue weighted by atomic mass is 10.1. The fraction of sp³-hybridized carbons (Fsp3) is 0.269. The molecule has 0 aliphatic heterocycles. The summed E-state index contributed by atoms with van der Waals surface area (Å²) in [5, 5.41) is 15.5. The van der Waals surface area contributed by atoms with Crippen LogP contribution >= 0.6 is 0 Å². The number of nitrogens with one attached hydrogen (secondary N) is 1. The van der Waals surface area contributed by atoms with Gasteiger partial charge in [-0.05, 0) is 77.8 Å². The van der Waals surface area contributed by atoms with Gasteiger partial charge in [0, 0.05) is 6.54 Å². The fourth-order valence-corrected chi connectivity index (χ4v) is 3.52. The first-order valence-electron chi connectivity index (χ1n) is 11.1. The molecule has 0 radical (unpaired) electrons. The first-order chi connectivity index (χ1) is 16.7. The maximum Gasteiger partial charge on any atom is 0.194 e. The summed E-state index contributed by atoms with van der Waals surface area (Å²) in [7, 11) is 3.31. The number of rotatable bonds is 11. The number of benzene rings is 3. The third kappa shape index (κ3) is 5.90. The molecule has 0 aliphatic carbocycles. The molecule has 0 saturated heterocycles. The van der Waals surface area contributed by atoms with Crippen LogP contribution in [0.2, 0.25) is 0 Å². The third-order valence-electron chi connectivity index (χ3n) is 5.48. The smallest absolute Gasteiger partial charge is 0.194 e. The maximum absolute atomic E-state index is 6.00. The standard InChI is InChI=1S/C26H29N5O3/c1-19-4-9-22(10-5-19)31-26(28-29-30-31)18-34-24-13-8-21(16-25(24)33-3)17-27-15-14-20-6-11-23(32-2)12-7-20/h4-13,16,27H,14-15,17-18H2,1-3H3. The zero-order valence-electron chi connectivity index (χ0n) is 19.7. The van der Waals surface area contributed by atoms with Crippen LogP contribution in [0.5, 0.6) is 17.2 Å². The Labute approximate surface area is 199 Å². The number of methoxy groups -OCH3 is 2. The highest BCUT2D eigenvalue weighted by molar-refractivity contribution is 5.43. The van der Waals surface area contributed by atoms with Gasteiger partial charge >= 0.3 is 0 Å². The summed E-state index contributed by atoms with van der Waals surface area (Å²) >= 11 is 0. The van der Waals surface area contributed by atoms with Crippen LogP contribution in [-0.4, -0.2) is 41.0 Å². The van der Waals surface area contributed by atoms with Crippen molar-refractivity contribution in [3.05, 3.63) is 89.2 Å². The quantitative estimate of drug-likeness (QED) is 0.341. The Kier molecular flexibility index (Phi) is 7.72. The minimum Gasteiger partial charge on any atom is -0.497 e. The van der Waals surface area contributed by atoms with Gasteiger partial charge in [0.1, 0.15) is 5.75 Å². The van der Waals surface area contributed by atoms with Crippen LogP contribution in [0.15, 0.2) is 66.7 Å². The van der Waals surface area contributed by atoms with Gasteiger partial charge in [-0.15, -0.1) is 5.10 Å². The lowest BCUT2D eigenvalue weighted by Crippen LogP contribution is -2.16. The van der Waals surface area contributed by atoms with Crippen molar-refractivity contribution in [2.45, 2.75) is 26.5 Å². The maximum atomic E-state index is 6.00.